The maximum absolute atomic E-state index is 10.5. The Bertz CT molecular complexity index is 1380. The molecule has 0 unspecified atom stereocenters. The van der Waals surface area contributed by atoms with Crippen molar-refractivity contribution in [3.8, 4) is 10.4 Å². The van der Waals surface area contributed by atoms with Crippen LogP contribution in [0, 0.1) is 26.2 Å². The third kappa shape index (κ3) is 6.67. The standard InChI is InChI=1S/C18H18N4S.C11H15N3O/c1-10-7-11(2)15(19)14(8-10)16(20)18-22-12(3)17(23-18)13-5-4-6-21-9-13;15-10-14-7-5-13(6-8-14)9-11-3-1-2-4-12-11/h4-9,20H,19H2,1-3H3;1-4,10H,5-9H2. The lowest BCUT2D eigenvalue weighted by molar-refractivity contribution is -0.119. The number of aryl methyl sites for hydroxylation is 3. The van der Waals surface area contributed by atoms with E-state index in [0.29, 0.717) is 16.4 Å². The molecule has 0 atom stereocenters. The predicted molar refractivity (Wildman–Crippen MR) is 153 cm³/mol. The number of nitrogens with one attached hydrogen (secondary N) is 1. The largest absolute Gasteiger partial charge is 0.398 e. The number of nitrogens with two attached hydrogens (primary N) is 1. The van der Waals surface area contributed by atoms with E-state index in [2.05, 4.69) is 19.9 Å². The lowest BCUT2D eigenvalue weighted by atomic mass is 10.0. The molecule has 196 valence electrons. The van der Waals surface area contributed by atoms with Crippen LogP contribution in [0.5, 0.6) is 0 Å². The van der Waals surface area contributed by atoms with Gasteiger partial charge in [-0.15, -0.1) is 11.3 Å². The van der Waals surface area contributed by atoms with Crippen molar-refractivity contribution < 1.29 is 4.79 Å². The number of pyridine rings is 2. The van der Waals surface area contributed by atoms with E-state index < -0.39 is 0 Å². The Hall–Kier alpha value is -3.95. The van der Waals surface area contributed by atoms with Crippen molar-refractivity contribution in [2.24, 2.45) is 0 Å². The number of amides is 1. The number of carbonyl (C=O) groups excluding carboxylic acids is 1. The second-order valence-corrected chi connectivity index (χ2v) is 10.3. The summed E-state index contributed by atoms with van der Waals surface area (Å²) in [5, 5.41) is 9.21. The van der Waals surface area contributed by atoms with Gasteiger partial charge in [0.05, 0.1) is 22.0 Å². The molecule has 1 aliphatic rings. The third-order valence-corrected chi connectivity index (χ3v) is 7.63. The smallest absolute Gasteiger partial charge is 0.209 e. The van der Waals surface area contributed by atoms with E-state index in [4.69, 9.17) is 11.1 Å². The zero-order valence-corrected chi connectivity index (χ0v) is 22.8. The lowest BCUT2D eigenvalue weighted by Gasteiger charge is -2.32. The van der Waals surface area contributed by atoms with Crippen LogP contribution in [0.25, 0.3) is 10.4 Å². The molecule has 1 amide bonds. The maximum atomic E-state index is 10.5. The molecule has 0 bridgehead atoms. The fraction of sp³-hybridized carbons (Fsp3) is 0.276. The zero-order valence-electron chi connectivity index (χ0n) is 22.0. The highest BCUT2D eigenvalue weighted by molar-refractivity contribution is 7.17. The van der Waals surface area contributed by atoms with E-state index in [0.717, 1.165) is 77.7 Å². The average Bonchev–Trinajstić information content (AvgIpc) is 3.33. The predicted octanol–water partition coefficient (Wildman–Crippen LogP) is 4.48. The lowest BCUT2D eigenvalue weighted by Crippen LogP contribution is -2.45. The number of hydrogen-bond acceptors (Lipinski definition) is 8. The number of aromatic nitrogens is 3. The number of nitrogen functional groups attached to an aromatic ring is 1. The minimum atomic E-state index is 0.373. The summed E-state index contributed by atoms with van der Waals surface area (Å²) < 4.78 is 0. The van der Waals surface area contributed by atoms with E-state index in [1.54, 1.807) is 6.20 Å². The fourth-order valence-electron chi connectivity index (χ4n) is 4.32. The van der Waals surface area contributed by atoms with Crippen LogP contribution in [-0.4, -0.2) is 63.1 Å². The summed E-state index contributed by atoms with van der Waals surface area (Å²) in [6, 6.07) is 13.9. The van der Waals surface area contributed by atoms with Gasteiger partial charge in [0.15, 0.2) is 0 Å². The number of anilines is 1. The van der Waals surface area contributed by atoms with Crippen molar-refractivity contribution >= 4 is 29.1 Å². The van der Waals surface area contributed by atoms with Gasteiger partial charge in [-0.25, -0.2) is 4.98 Å². The van der Waals surface area contributed by atoms with Crippen molar-refractivity contribution in [1.29, 1.82) is 5.41 Å². The first-order valence-corrected chi connectivity index (χ1v) is 13.3. The second-order valence-electron chi connectivity index (χ2n) is 9.33. The van der Waals surface area contributed by atoms with Gasteiger partial charge in [-0.3, -0.25) is 25.1 Å². The summed E-state index contributed by atoms with van der Waals surface area (Å²) in [5.41, 5.74) is 13.0. The van der Waals surface area contributed by atoms with Crippen molar-refractivity contribution in [2.45, 2.75) is 27.3 Å². The van der Waals surface area contributed by atoms with E-state index in [9.17, 15) is 4.79 Å². The molecular formula is C29H33N7OS. The molecule has 0 saturated carbocycles. The summed E-state index contributed by atoms with van der Waals surface area (Å²) in [7, 11) is 0. The molecule has 1 fully saturated rings. The van der Waals surface area contributed by atoms with E-state index >= 15 is 0 Å². The first-order valence-electron chi connectivity index (χ1n) is 12.5. The summed E-state index contributed by atoms with van der Waals surface area (Å²) in [6.45, 7) is 10.4. The number of rotatable bonds is 6. The topological polar surface area (TPSA) is 112 Å². The molecule has 0 aliphatic carbocycles. The summed E-state index contributed by atoms with van der Waals surface area (Å²) in [6.07, 6.45) is 6.31. The van der Waals surface area contributed by atoms with Gasteiger partial charge < -0.3 is 10.6 Å². The minimum Gasteiger partial charge on any atom is -0.398 e. The van der Waals surface area contributed by atoms with Gasteiger partial charge in [-0.05, 0) is 50.6 Å². The normalized spacial score (nSPS) is 13.5. The number of nitrogens with zero attached hydrogens (tertiary/aromatic N) is 5. The van der Waals surface area contributed by atoms with E-state index in [1.807, 2.05) is 80.5 Å². The van der Waals surface area contributed by atoms with Gasteiger partial charge in [-0.2, -0.15) is 0 Å². The van der Waals surface area contributed by atoms with Crippen LogP contribution in [0.2, 0.25) is 0 Å². The molecule has 4 heterocycles. The first kappa shape index (κ1) is 27.1. The van der Waals surface area contributed by atoms with Crippen molar-refractivity contribution in [3.63, 3.8) is 0 Å². The van der Waals surface area contributed by atoms with Crippen LogP contribution in [0.15, 0.2) is 61.1 Å². The van der Waals surface area contributed by atoms with Crippen molar-refractivity contribution in [1.82, 2.24) is 24.8 Å². The molecule has 0 radical (unpaired) electrons. The molecule has 1 aromatic carbocycles. The number of benzene rings is 1. The number of carbonyl (C=O) groups is 1. The van der Waals surface area contributed by atoms with Gasteiger partial charge in [-0.1, -0.05) is 23.8 Å². The Labute approximate surface area is 227 Å². The minimum absolute atomic E-state index is 0.373. The Morgan fingerprint density at radius 2 is 1.87 bits per heavy atom. The molecule has 3 N–H and O–H groups in total. The fourth-order valence-corrected chi connectivity index (χ4v) is 5.34. The summed E-state index contributed by atoms with van der Waals surface area (Å²) in [5.74, 6) is 0. The third-order valence-electron chi connectivity index (χ3n) is 6.40. The zero-order chi connectivity index (χ0) is 27.1. The molecule has 5 rings (SSSR count). The van der Waals surface area contributed by atoms with Crippen LogP contribution in [0.3, 0.4) is 0 Å². The van der Waals surface area contributed by atoms with Gasteiger partial charge >= 0.3 is 0 Å². The van der Waals surface area contributed by atoms with Gasteiger partial charge in [0.1, 0.15) is 5.01 Å². The Morgan fingerprint density at radius 1 is 1.08 bits per heavy atom. The van der Waals surface area contributed by atoms with Crippen LogP contribution < -0.4 is 5.73 Å². The van der Waals surface area contributed by atoms with Crippen molar-refractivity contribution in [2.75, 3.05) is 31.9 Å². The number of hydrogen-bond donors (Lipinski definition) is 2. The van der Waals surface area contributed by atoms with Crippen LogP contribution in [0.4, 0.5) is 5.69 Å². The summed E-state index contributed by atoms with van der Waals surface area (Å²) >= 11 is 1.50. The Kier molecular flexibility index (Phi) is 8.93. The van der Waals surface area contributed by atoms with Crippen LogP contribution in [-0.2, 0) is 11.3 Å². The van der Waals surface area contributed by atoms with E-state index in [1.165, 1.54) is 11.3 Å². The van der Waals surface area contributed by atoms with Gasteiger partial charge in [0, 0.05) is 68.1 Å². The molecule has 1 saturated heterocycles. The Balaban J connectivity index is 0.000000194. The number of thiazole rings is 1. The molecule has 8 nitrogen and oxygen atoms in total. The number of piperazine rings is 1. The maximum Gasteiger partial charge on any atom is 0.209 e. The molecular weight excluding hydrogens is 494 g/mol. The first-order chi connectivity index (χ1) is 18.4. The molecule has 0 spiro atoms. The highest BCUT2D eigenvalue weighted by atomic mass is 32.1. The quantitative estimate of drug-likeness (QED) is 0.217. The highest BCUT2D eigenvalue weighted by Crippen LogP contribution is 2.32. The van der Waals surface area contributed by atoms with Crippen LogP contribution >= 0.6 is 11.3 Å². The highest BCUT2D eigenvalue weighted by Gasteiger charge is 2.18. The SMILES string of the molecule is Cc1cc(C)c(N)c(C(=N)c2nc(C)c(-c3cccnc3)s2)c1.O=CN1CCN(Cc2ccccn2)CC1. The van der Waals surface area contributed by atoms with Gasteiger partial charge in [0.25, 0.3) is 0 Å². The molecule has 4 aromatic rings. The molecule has 3 aromatic heterocycles. The Morgan fingerprint density at radius 3 is 2.53 bits per heavy atom. The average molecular weight is 528 g/mol. The molecule has 38 heavy (non-hydrogen) atoms. The molecule has 1 aliphatic heterocycles. The van der Waals surface area contributed by atoms with E-state index in [-0.39, 0.29) is 0 Å². The monoisotopic (exact) mass is 527 g/mol. The van der Waals surface area contributed by atoms with Crippen molar-refractivity contribution in [3.05, 3.63) is 94.1 Å². The van der Waals surface area contributed by atoms with Crippen LogP contribution in [0.1, 0.15) is 33.1 Å². The molecule has 9 heteroatoms. The van der Waals surface area contributed by atoms with Gasteiger partial charge in [0.2, 0.25) is 6.41 Å². The summed E-state index contributed by atoms with van der Waals surface area (Å²) in [4.78, 5) is 28.7. The second kappa shape index (κ2) is 12.5.